The number of benzene rings is 2. The molecule has 0 aliphatic carbocycles. The molecule has 1 aliphatic rings. The normalized spacial score (nSPS) is 15.6. The van der Waals surface area contributed by atoms with E-state index in [-0.39, 0.29) is 29.6 Å². The lowest BCUT2D eigenvalue weighted by atomic mass is 9.79. The number of nitrogens with zero attached hydrogens (tertiary/aromatic N) is 1. The van der Waals surface area contributed by atoms with E-state index in [9.17, 15) is 14.4 Å². The SMILES string of the molecule is CC(=O)Nc1c(C)cccc1C(=O)N1CCC(C(C(N)=O)c2ccccc2)CC1. The fraction of sp³-hybridized carbons (Fsp3) is 0.348. The van der Waals surface area contributed by atoms with Gasteiger partial charge in [0.25, 0.3) is 5.91 Å². The minimum Gasteiger partial charge on any atom is -0.369 e. The number of hydrogen-bond acceptors (Lipinski definition) is 3. The van der Waals surface area contributed by atoms with E-state index in [1.54, 1.807) is 11.0 Å². The van der Waals surface area contributed by atoms with Gasteiger partial charge in [-0.15, -0.1) is 0 Å². The van der Waals surface area contributed by atoms with Crippen LogP contribution in [-0.2, 0) is 9.59 Å². The van der Waals surface area contributed by atoms with Crippen LogP contribution in [0.1, 0.15) is 47.2 Å². The van der Waals surface area contributed by atoms with Crippen molar-refractivity contribution in [3.05, 3.63) is 65.2 Å². The Hall–Kier alpha value is -3.15. The fourth-order valence-corrected chi connectivity index (χ4v) is 4.12. The van der Waals surface area contributed by atoms with Crippen LogP contribution in [0.4, 0.5) is 5.69 Å². The summed E-state index contributed by atoms with van der Waals surface area (Å²) in [4.78, 5) is 38.6. The Morgan fingerprint density at radius 2 is 1.69 bits per heavy atom. The van der Waals surface area contributed by atoms with E-state index in [0.717, 1.165) is 11.1 Å². The molecule has 29 heavy (non-hydrogen) atoms. The monoisotopic (exact) mass is 393 g/mol. The second-order valence-corrected chi connectivity index (χ2v) is 7.60. The van der Waals surface area contributed by atoms with Crippen LogP contribution in [0.3, 0.4) is 0 Å². The lowest BCUT2D eigenvalue weighted by molar-refractivity contribution is -0.121. The third-order valence-electron chi connectivity index (χ3n) is 5.57. The Morgan fingerprint density at radius 3 is 2.28 bits per heavy atom. The van der Waals surface area contributed by atoms with E-state index in [2.05, 4.69) is 5.32 Å². The highest BCUT2D eigenvalue weighted by molar-refractivity contribution is 6.04. The average molecular weight is 393 g/mol. The van der Waals surface area contributed by atoms with Crippen molar-refractivity contribution in [2.75, 3.05) is 18.4 Å². The quantitative estimate of drug-likeness (QED) is 0.818. The lowest BCUT2D eigenvalue weighted by Crippen LogP contribution is -2.42. The first kappa shape index (κ1) is 20.6. The smallest absolute Gasteiger partial charge is 0.255 e. The topological polar surface area (TPSA) is 92.5 Å². The van der Waals surface area contributed by atoms with Gasteiger partial charge in [-0.2, -0.15) is 0 Å². The van der Waals surface area contributed by atoms with Crippen molar-refractivity contribution in [2.24, 2.45) is 11.7 Å². The summed E-state index contributed by atoms with van der Waals surface area (Å²) in [6, 6.07) is 15.0. The first-order valence-electron chi connectivity index (χ1n) is 9.89. The van der Waals surface area contributed by atoms with Gasteiger partial charge in [-0.3, -0.25) is 14.4 Å². The van der Waals surface area contributed by atoms with Gasteiger partial charge in [0.15, 0.2) is 0 Å². The predicted octanol–water partition coefficient (Wildman–Crippen LogP) is 3.07. The Labute approximate surface area is 171 Å². The van der Waals surface area contributed by atoms with Crippen LogP contribution < -0.4 is 11.1 Å². The summed E-state index contributed by atoms with van der Waals surface area (Å²) in [7, 11) is 0. The molecule has 1 aliphatic heterocycles. The van der Waals surface area contributed by atoms with Gasteiger partial charge in [0.2, 0.25) is 11.8 Å². The van der Waals surface area contributed by atoms with Crippen LogP contribution >= 0.6 is 0 Å². The Bertz CT molecular complexity index is 903. The summed E-state index contributed by atoms with van der Waals surface area (Å²) < 4.78 is 0. The molecular weight excluding hydrogens is 366 g/mol. The molecular formula is C23H27N3O3. The maximum Gasteiger partial charge on any atom is 0.255 e. The van der Waals surface area contributed by atoms with Crippen LogP contribution in [0.2, 0.25) is 0 Å². The largest absolute Gasteiger partial charge is 0.369 e. The molecule has 1 heterocycles. The second-order valence-electron chi connectivity index (χ2n) is 7.60. The number of nitrogens with two attached hydrogens (primary N) is 1. The van der Waals surface area contributed by atoms with Gasteiger partial charge in [-0.05, 0) is 42.9 Å². The number of rotatable bonds is 5. The predicted molar refractivity (Wildman–Crippen MR) is 112 cm³/mol. The van der Waals surface area contributed by atoms with E-state index in [4.69, 9.17) is 5.73 Å². The number of amides is 3. The maximum atomic E-state index is 13.1. The molecule has 3 rings (SSSR count). The fourth-order valence-electron chi connectivity index (χ4n) is 4.12. The molecule has 1 unspecified atom stereocenters. The third kappa shape index (κ3) is 4.65. The summed E-state index contributed by atoms with van der Waals surface area (Å²) in [5.74, 6) is -0.883. The van der Waals surface area contributed by atoms with Crippen molar-refractivity contribution in [2.45, 2.75) is 32.6 Å². The first-order valence-corrected chi connectivity index (χ1v) is 9.89. The lowest BCUT2D eigenvalue weighted by Gasteiger charge is -2.35. The van der Waals surface area contributed by atoms with Gasteiger partial charge in [0.1, 0.15) is 0 Å². The maximum absolute atomic E-state index is 13.1. The minimum absolute atomic E-state index is 0.103. The van der Waals surface area contributed by atoms with Crippen LogP contribution in [0.15, 0.2) is 48.5 Å². The third-order valence-corrected chi connectivity index (χ3v) is 5.57. The van der Waals surface area contributed by atoms with Gasteiger partial charge in [0.05, 0.1) is 17.2 Å². The molecule has 152 valence electrons. The summed E-state index contributed by atoms with van der Waals surface area (Å²) >= 11 is 0. The van der Waals surface area contributed by atoms with Crippen molar-refractivity contribution in [1.82, 2.24) is 4.90 Å². The highest BCUT2D eigenvalue weighted by Gasteiger charge is 2.33. The van der Waals surface area contributed by atoms with E-state index in [0.29, 0.717) is 37.2 Å². The van der Waals surface area contributed by atoms with Crippen molar-refractivity contribution in [3.8, 4) is 0 Å². The number of hydrogen-bond donors (Lipinski definition) is 2. The number of anilines is 1. The van der Waals surface area contributed by atoms with E-state index in [1.165, 1.54) is 6.92 Å². The molecule has 6 nitrogen and oxygen atoms in total. The number of nitrogens with one attached hydrogen (secondary N) is 1. The zero-order valence-electron chi connectivity index (χ0n) is 16.9. The molecule has 0 aromatic heterocycles. The molecule has 1 fully saturated rings. The van der Waals surface area contributed by atoms with Crippen LogP contribution in [-0.4, -0.2) is 35.7 Å². The molecule has 3 N–H and O–H groups in total. The van der Waals surface area contributed by atoms with Crippen molar-refractivity contribution < 1.29 is 14.4 Å². The molecule has 2 aromatic rings. The number of primary amides is 1. The van der Waals surface area contributed by atoms with Crippen molar-refractivity contribution >= 4 is 23.4 Å². The number of aryl methyl sites for hydroxylation is 1. The summed E-state index contributed by atoms with van der Waals surface area (Å²) in [6.07, 6.45) is 1.41. The van der Waals surface area contributed by atoms with Gasteiger partial charge in [-0.1, -0.05) is 42.5 Å². The van der Waals surface area contributed by atoms with Gasteiger partial charge in [-0.25, -0.2) is 0 Å². The van der Waals surface area contributed by atoms with Crippen molar-refractivity contribution in [1.29, 1.82) is 0 Å². The summed E-state index contributed by atoms with van der Waals surface area (Å²) in [5.41, 5.74) is 8.54. The first-order chi connectivity index (χ1) is 13.9. The van der Waals surface area contributed by atoms with Gasteiger partial charge < -0.3 is 16.0 Å². The molecule has 1 atom stereocenters. The molecule has 1 saturated heterocycles. The highest BCUT2D eigenvalue weighted by atomic mass is 16.2. The molecule has 0 radical (unpaired) electrons. The molecule has 0 spiro atoms. The molecule has 0 saturated carbocycles. The minimum atomic E-state index is -0.345. The molecule has 6 heteroatoms. The molecule has 2 aromatic carbocycles. The highest BCUT2D eigenvalue weighted by Crippen LogP contribution is 2.33. The Morgan fingerprint density at radius 1 is 1.03 bits per heavy atom. The standard InChI is InChI=1S/C23H27N3O3/c1-15-7-6-10-19(21(15)25-16(2)27)23(29)26-13-11-18(12-14-26)20(22(24)28)17-8-4-3-5-9-17/h3-10,18,20H,11-14H2,1-2H3,(H2,24,28)(H,25,27). The number of carbonyl (C=O) groups is 3. The zero-order chi connectivity index (χ0) is 21.0. The zero-order valence-corrected chi connectivity index (χ0v) is 16.9. The average Bonchev–Trinajstić information content (AvgIpc) is 2.70. The van der Waals surface area contributed by atoms with Crippen LogP contribution in [0, 0.1) is 12.8 Å². The van der Waals surface area contributed by atoms with Gasteiger partial charge >= 0.3 is 0 Å². The van der Waals surface area contributed by atoms with E-state index in [1.807, 2.05) is 49.4 Å². The number of piperidine rings is 1. The summed E-state index contributed by atoms with van der Waals surface area (Å²) in [6.45, 7) is 4.40. The Balaban J connectivity index is 1.74. The van der Waals surface area contributed by atoms with E-state index >= 15 is 0 Å². The van der Waals surface area contributed by atoms with Crippen molar-refractivity contribution in [3.63, 3.8) is 0 Å². The number of para-hydroxylation sites is 1. The number of likely N-dealkylation sites (tertiary alicyclic amines) is 1. The molecule has 0 bridgehead atoms. The summed E-state index contributed by atoms with van der Waals surface area (Å²) in [5, 5.41) is 2.78. The van der Waals surface area contributed by atoms with Crippen LogP contribution in [0.25, 0.3) is 0 Å². The van der Waals surface area contributed by atoms with E-state index < -0.39 is 0 Å². The Kier molecular flexibility index (Phi) is 6.32. The van der Waals surface area contributed by atoms with Crippen LogP contribution in [0.5, 0.6) is 0 Å². The second kappa shape index (κ2) is 8.90. The molecule has 3 amide bonds. The number of carbonyl (C=O) groups excluding carboxylic acids is 3. The van der Waals surface area contributed by atoms with Gasteiger partial charge in [0, 0.05) is 20.0 Å².